The maximum atomic E-state index is 15.6. The lowest BCUT2D eigenvalue weighted by Gasteiger charge is -2.22. The molecule has 0 saturated carbocycles. The fourth-order valence-electron chi connectivity index (χ4n) is 7.23. The van der Waals surface area contributed by atoms with Crippen molar-refractivity contribution >= 4 is 76.9 Å². The van der Waals surface area contributed by atoms with Crippen molar-refractivity contribution in [2.24, 2.45) is 0 Å². The molecule has 0 aliphatic carbocycles. The van der Waals surface area contributed by atoms with E-state index >= 15 is 4.57 Å². The summed E-state index contributed by atoms with van der Waals surface area (Å²) in [6.45, 7) is 0. The predicted octanol–water partition coefficient (Wildman–Crippen LogP) is 10.8. The molecule has 46 heavy (non-hydrogen) atoms. The summed E-state index contributed by atoms with van der Waals surface area (Å²) < 4.78 is 15.6. The molecule has 0 heterocycles. The van der Waals surface area contributed by atoms with Gasteiger partial charge in [-0.25, -0.2) is 0 Å². The Morgan fingerprint density at radius 1 is 0.326 bits per heavy atom. The smallest absolute Gasteiger partial charge is 0.171 e. The van der Waals surface area contributed by atoms with Crippen LogP contribution in [0.15, 0.2) is 176 Å². The first-order valence-corrected chi connectivity index (χ1v) is 17.4. The Hall–Kier alpha value is -5.49. The zero-order valence-corrected chi connectivity index (χ0v) is 26.0. The van der Waals surface area contributed by atoms with Gasteiger partial charge in [0.2, 0.25) is 0 Å². The second-order valence-electron chi connectivity index (χ2n) is 12.0. The highest BCUT2D eigenvalue weighted by Gasteiger charge is 2.31. The molecule has 0 bridgehead atoms. The molecule has 0 N–H and O–H groups in total. The average molecular weight is 605 g/mol. The summed E-state index contributed by atoms with van der Waals surface area (Å²) in [5.41, 5.74) is 2.28. The normalized spacial score (nSPS) is 13.0. The van der Waals surface area contributed by atoms with E-state index in [0.717, 1.165) is 32.2 Å². The molecule has 0 aromatic heterocycles. The first-order valence-electron chi connectivity index (χ1n) is 15.7. The number of hydrogen-bond donors (Lipinski definition) is 0. The quantitative estimate of drug-likeness (QED) is 0.111. The number of hydrogen-bond acceptors (Lipinski definition) is 1. The van der Waals surface area contributed by atoms with Crippen LogP contribution in [0.25, 0.3) is 65.0 Å². The lowest BCUT2D eigenvalue weighted by Crippen LogP contribution is -2.25. The van der Waals surface area contributed by atoms with Crippen molar-refractivity contribution in [3.63, 3.8) is 0 Å². The molecule has 0 fully saturated rings. The van der Waals surface area contributed by atoms with Crippen LogP contribution in [0.4, 0.5) is 0 Å². The van der Waals surface area contributed by atoms with Crippen LogP contribution in [-0.2, 0) is 4.57 Å². The van der Waals surface area contributed by atoms with Gasteiger partial charge in [0.05, 0.1) is 0 Å². The Labute approximate surface area is 267 Å². The molecule has 216 valence electrons. The first kappa shape index (κ1) is 26.9. The molecule has 9 rings (SSSR count). The first-order chi connectivity index (χ1) is 22.7. The summed E-state index contributed by atoms with van der Waals surface area (Å²) in [5, 5.41) is 14.6. The summed E-state index contributed by atoms with van der Waals surface area (Å²) in [6.07, 6.45) is 0. The molecule has 0 amide bonds. The highest BCUT2D eigenvalue weighted by Crippen LogP contribution is 2.45. The third kappa shape index (κ3) is 4.13. The van der Waals surface area contributed by atoms with Crippen LogP contribution in [0.2, 0.25) is 0 Å². The molecule has 9 aromatic carbocycles. The molecule has 0 aliphatic rings. The van der Waals surface area contributed by atoms with Gasteiger partial charge >= 0.3 is 0 Å². The van der Waals surface area contributed by atoms with Crippen LogP contribution >= 0.6 is 7.14 Å². The third-order valence-electron chi connectivity index (χ3n) is 9.49. The van der Waals surface area contributed by atoms with E-state index in [1.807, 2.05) is 54.6 Å². The fourth-order valence-corrected chi connectivity index (χ4v) is 10.1. The van der Waals surface area contributed by atoms with Gasteiger partial charge in [-0.05, 0) is 83.2 Å². The molecule has 1 atom stereocenters. The van der Waals surface area contributed by atoms with E-state index in [1.165, 1.54) is 48.7 Å². The minimum absolute atomic E-state index is 0.833. The average Bonchev–Trinajstić information content (AvgIpc) is 3.13. The molecule has 0 radical (unpaired) electrons. The van der Waals surface area contributed by atoms with Gasteiger partial charge in [0.1, 0.15) is 0 Å². The largest absolute Gasteiger partial charge is 0.309 e. The van der Waals surface area contributed by atoms with E-state index in [2.05, 4.69) is 121 Å². The third-order valence-corrected chi connectivity index (χ3v) is 12.6. The Morgan fingerprint density at radius 3 is 1.61 bits per heavy atom. The van der Waals surface area contributed by atoms with Gasteiger partial charge in [-0.15, -0.1) is 0 Å². The van der Waals surface area contributed by atoms with Crippen LogP contribution in [0.3, 0.4) is 0 Å². The highest BCUT2D eigenvalue weighted by atomic mass is 31.2. The Kier molecular flexibility index (Phi) is 6.17. The molecular weight excluding hydrogens is 575 g/mol. The monoisotopic (exact) mass is 604 g/mol. The van der Waals surface area contributed by atoms with E-state index < -0.39 is 7.14 Å². The van der Waals surface area contributed by atoms with E-state index in [1.54, 1.807) is 0 Å². The predicted molar refractivity (Wildman–Crippen MR) is 199 cm³/mol. The zero-order chi connectivity index (χ0) is 30.7. The van der Waals surface area contributed by atoms with Crippen molar-refractivity contribution < 1.29 is 4.57 Å². The van der Waals surface area contributed by atoms with Crippen molar-refractivity contribution in [2.75, 3.05) is 0 Å². The second kappa shape index (κ2) is 10.6. The summed E-state index contributed by atoms with van der Waals surface area (Å²) >= 11 is 0. The minimum atomic E-state index is -3.19. The fraction of sp³-hybridized carbons (Fsp3) is 0. The number of benzene rings is 9. The second-order valence-corrected chi connectivity index (χ2v) is 14.8. The van der Waals surface area contributed by atoms with Gasteiger partial charge in [0.15, 0.2) is 7.14 Å². The van der Waals surface area contributed by atoms with E-state index in [9.17, 15) is 0 Å². The lowest BCUT2D eigenvalue weighted by molar-refractivity contribution is 0.592. The summed E-state index contributed by atoms with van der Waals surface area (Å²) in [7, 11) is -3.19. The van der Waals surface area contributed by atoms with Gasteiger partial charge < -0.3 is 4.57 Å². The Balaban J connectivity index is 1.30. The van der Waals surface area contributed by atoms with Gasteiger partial charge in [0.25, 0.3) is 0 Å². The van der Waals surface area contributed by atoms with Crippen LogP contribution in [0.5, 0.6) is 0 Å². The maximum Gasteiger partial charge on any atom is 0.171 e. The minimum Gasteiger partial charge on any atom is -0.309 e. The molecule has 2 heteroatoms. The van der Waals surface area contributed by atoms with E-state index in [4.69, 9.17) is 0 Å². The van der Waals surface area contributed by atoms with E-state index in [0.29, 0.717) is 0 Å². The highest BCUT2D eigenvalue weighted by molar-refractivity contribution is 7.85. The van der Waals surface area contributed by atoms with Gasteiger partial charge in [0, 0.05) is 15.9 Å². The lowest BCUT2D eigenvalue weighted by atomic mass is 9.89. The van der Waals surface area contributed by atoms with Crippen LogP contribution in [-0.4, -0.2) is 0 Å². The van der Waals surface area contributed by atoms with Crippen molar-refractivity contribution in [3.05, 3.63) is 176 Å². The number of rotatable bonds is 4. The topological polar surface area (TPSA) is 17.1 Å². The SMILES string of the molecule is O=P(c1ccccc1)(c1ccc(-c2cc3c4ccccc4ccc3c3cc4ccccc4cc23)cc1)c1cccc2ccccc12. The Bertz CT molecular complexity index is 2650. The molecule has 0 spiro atoms. The van der Waals surface area contributed by atoms with Gasteiger partial charge in [-0.2, -0.15) is 0 Å². The van der Waals surface area contributed by atoms with Gasteiger partial charge in [-0.3, -0.25) is 0 Å². The van der Waals surface area contributed by atoms with Crippen molar-refractivity contribution in [1.29, 1.82) is 0 Å². The summed E-state index contributed by atoms with van der Waals surface area (Å²) in [4.78, 5) is 0. The van der Waals surface area contributed by atoms with E-state index in [-0.39, 0.29) is 0 Å². The standard InChI is InChI=1S/C44H29OP/c45-46(35-16-2-1-3-17-35,44-20-10-15-30-11-7-9-19-38(30)44)36-24-21-32(22-25-36)40-29-43-37-18-8-6-12-31(37)23-26-39(43)41-27-33-13-4-5-14-34(33)28-42(40)41/h1-29H. The van der Waals surface area contributed by atoms with Crippen molar-refractivity contribution in [2.45, 2.75) is 0 Å². The van der Waals surface area contributed by atoms with Gasteiger partial charge in [-0.1, -0.05) is 158 Å². The van der Waals surface area contributed by atoms with Crippen molar-refractivity contribution in [1.82, 2.24) is 0 Å². The molecule has 9 aromatic rings. The molecule has 0 aliphatic heterocycles. The molecule has 0 saturated heterocycles. The summed E-state index contributed by atoms with van der Waals surface area (Å²) in [5.74, 6) is 0. The number of fused-ring (bicyclic) bond motifs is 7. The molecular formula is C44H29OP. The molecule has 1 unspecified atom stereocenters. The summed E-state index contributed by atoms with van der Waals surface area (Å²) in [6, 6.07) is 61.6. The maximum absolute atomic E-state index is 15.6. The van der Waals surface area contributed by atoms with Crippen LogP contribution in [0, 0.1) is 0 Å². The van der Waals surface area contributed by atoms with Crippen molar-refractivity contribution in [3.8, 4) is 11.1 Å². The van der Waals surface area contributed by atoms with Crippen LogP contribution < -0.4 is 15.9 Å². The Morgan fingerprint density at radius 2 is 0.870 bits per heavy atom. The molecule has 1 nitrogen and oxygen atoms in total. The zero-order valence-electron chi connectivity index (χ0n) is 25.1. The van der Waals surface area contributed by atoms with Crippen LogP contribution in [0.1, 0.15) is 0 Å².